The average molecular weight is 917 g/mol. The van der Waals surface area contributed by atoms with Crippen LogP contribution < -0.4 is 25.8 Å². The molecule has 7 heterocycles. The molecular weight excluding hydrogens is 865 g/mol. The lowest BCUT2D eigenvalue weighted by atomic mass is 9.93. The molecule has 4 aromatic rings. The molecule has 1 saturated carbocycles. The number of nitrogens with zero attached hydrogens (tertiary/aromatic N) is 9. The Kier molecular flexibility index (Phi) is 11.6. The maximum Gasteiger partial charge on any atom is 0.328 e. The Labute approximate surface area is 379 Å². The number of benzene rings is 2. The largest absolute Gasteiger partial charge is 0.385 e. The van der Waals surface area contributed by atoms with Crippen LogP contribution in [-0.4, -0.2) is 161 Å². The van der Waals surface area contributed by atoms with Crippen molar-refractivity contribution in [2.45, 2.75) is 75.3 Å². The first-order valence-corrected chi connectivity index (χ1v) is 22.9. The number of imide groups is 1. The number of imidazole rings is 1. The van der Waals surface area contributed by atoms with Crippen LogP contribution in [0.4, 0.5) is 40.8 Å². The second-order valence-corrected chi connectivity index (χ2v) is 18.4. The summed E-state index contributed by atoms with van der Waals surface area (Å²) in [6.45, 7) is 5.03. The van der Waals surface area contributed by atoms with E-state index in [1.807, 2.05) is 34.1 Å². The van der Waals surface area contributed by atoms with Gasteiger partial charge in [0.05, 0.1) is 41.2 Å². The molecule has 0 bridgehead atoms. The number of anilines is 4. The Morgan fingerprint density at radius 3 is 2.40 bits per heavy atom. The van der Waals surface area contributed by atoms with E-state index < -0.39 is 36.1 Å². The number of nitrogens with one attached hydrogen (secondary N) is 3. The van der Waals surface area contributed by atoms with Crippen LogP contribution in [0, 0.1) is 0 Å². The lowest BCUT2D eigenvalue weighted by molar-refractivity contribution is -0.134. The molecule has 10 rings (SSSR count). The average Bonchev–Trinajstić information content (AvgIpc) is 3.61. The quantitative estimate of drug-likeness (QED) is 0.206. The highest BCUT2D eigenvalue weighted by Gasteiger charge is 2.48. The molecule has 5 fully saturated rings. The van der Waals surface area contributed by atoms with Crippen LogP contribution in [0.15, 0.2) is 48.7 Å². The van der Waals surface area contributed by atoms with Crippen molar-refractivity contribution in [3.05, 3.63) is 76.1 Å². The molecule has 3 N–H and O–H groups in total. The number of alkyl halides is 3. The predicted molar refractivity (Wildman–Crippen MR) is 238 cm³/mol. The van der Waals surface area contributed by atoms with Gasteiger partial charge in [-0.25, -0.2) is 27.5 Å². The van der Waals surface area contributed by atoms with Gasteiger partial charge in [0.15, 0.2) is 17.2 Å². The normalized spacial score (nSPS) is 24.3. The van der Waals surface area contributed by atoms with Crippen LogP contribution in [0.1, 0.15) is 64.1 Å². The summed E-state index contributed by atoms with van der Waals surface area (Å²) in [6.07, 6.45) is 3.49. The van der Waals surface area contributed by atoms with Gasteiger partial charge in [-0.15, -0.1) is 5.10 Å². The molecule has 3 atom stereocenters. The summed E-state index contributed by atoms with van der Waals surface area (Å²) >= 11 is 6.41. The third-order valence-electron chi connectivity index (χ3n) is 14.0. The Morgan fingerprint density at radius 2 is 1.68 bits per heavy atom. The summed E-state index contributed by atoms with van der Waals surface area (Å²) < 4.78 is 47.4. The standard InChI is InChI=1S/C45H52ClF3N12O4/c1-50-34-23-39(54-61-37(24-51-41(34)61)42(63)52-33-22-32(33)47)59-15-9-30-28(3-2-4-35(30)59)25-55-12-10-38(45(48,49)26-55)57-13-7-29(8-14-57)56-17-19-58(20-18-56)43(64)27-5-6-31(46)36(21-27)60-16-11-40(62)53-44(60)65/h2-6,21,23-24,29,32-33,38,50H,7-20,22,25-26H2,1H3,(H,52,63)(H,53,62,65)/t32-,33+,38?/m0/s1. The summed E-state index contributed by atoms with van der Waals surface area (Å²) in [7, 11) is 1.77. The fourth-order valence-electron chi connectivity index (χ4n) is 10.4. The topological polar surface area (TPSA) is 154 Å². The fraction of sp³-hybridized carbons (Fsp3) is 0.511. The van der Waals surface area contributed by atoms with Crippen molar-refractivity contribution in [2.24, 2.45) is 0 Å². The zero-order valence-corrected chi connectivity index (χ0v) is 36.9. The second-order valence-electron chi connectivity index (χ2n) is 18.0. The number of fused-ring (bicyclic) bond motifs is 2. The minimum absolute atomic E-state index is 0.143. The summed E-state index contributed by atoms with van der Waals surface area (Å²) in [4.78, 5) is 66.6. The van der Waals surface area contributed by atoms with E-state index in [2.05, 4.69) is 30.7 Å². The molecule has 2 aromatic carbocycles. The molecule has 1 unspecified atom stereocenters. The monoisotopic (exact) mass is 916 g/mol. The van der Waals surface area contributed by atoms with Gasteiger partial charge in [-0.3, -0.25) is 39.3 Å². The minimum Gasteiger partial charge on any atom is -0.385 e. The first kappa shape index (κ1) is 43.4. The molecule has 0 spiro atoms. The Bertz CT molecular complexity index is 2530. The van der Waals surface area contributed by atoms with Gasteiger partial charge in [0.1, 0.15) is 6.17 Å². The number of urea groups is 1. The predicted octanol–water partition coefficient (Wildman–Crippen LogP) is 4.54. The molecule has 6 aliphatic rings. The van der Waals surface area contributed by atoms with Crippen molar-refractivity contribution in [3.8, 4) is 0 Å². The number of piperidine rings is 2. The van der Waals surface area contributed by atoms with E-state index >= 15 is 8.78 Å². The summed E-state index contributed by atoms with van der Waals surface area (Å²) in [6, 6.07) is 11.1. The zero-order valence-electron chi connectivity index (χ0n) is 36.1. The van der Waals surface area contributed by atoms with Crippen molar-refractivity contribution >= 4 is 63.9 Å². The van der Waals surface area contributed by atoms with E-state index in [-0.39, 0.29) is 43.1 Å². The van der Waals surface area contributed by atoms with Gasteiger partial charge in [0.25, 0.3) is 17.7 Å². The number of amides is 5. The number of hydrogen-bond donors (Lipinski definition) is 3. The SMILES string of the molecule is CNc1cc(N2CCc3c(CN4CCC(N5CCC(N6CCN(C(=O)c7ccc(Cl)c(N8CCC(=O)NC8=O)c7)CC6)CC5)C(F)(F)C4)cccc32)nn2c(C(=O)N[C@@H]3C[C@@H]3F)cnc12. The van der Waals surface area contributed by atoms with Gasteiger partial charge in [-0.2, -0.15) is 0 Å². The van der Waals surface area contributed by atoms with Crippen molar-refractivity contribution in [2.75, 3.05) is 87.6 Å². The fourth-order valence-corrected chi connectivity index (χ4v) is 10.6. The first-order valence-electron chi connectivity index (χ1n) is 22.5. The van der Waals surface area contributed by atoms with E-state index in [0.717, 1.165) is 29.7 Å². The van der Waals surface area contributed by atoms with E-state index in [4.69, 9.17) is 16.7 Å². The lowest BCUT2D eigenvalue weighted by Gasteiger charge is -2.48. The Hall–Kier alpha value is -5.50. The van der Waals surface area contributed by atoms with Gasteiger partial charge in [-0.05, 0) is 61.1 Å². The number of piperazine rings is 1. The van der Waals surface area contributed by atoms with Gasteiger partial charge in [-0.1, -0.05) is 23.7 Å². The van der Waals surface area contributed by atoms with Crippen molar-refractivity contribution in [1.29, 1.82) is 0 Å². The van der Waals surface area contributed by atoms with Crippen LogP contribution in [0.2, 0.25) is 5.02 Å². The van der Waals surface area contributed by atoms with Gasteiger partial charge in [0.2, 0.25) is 5.91 Å². The molecule has 20 heteroatoms. The van der Waals surface area contributed by atoms with Crippen LogP contribution in [-0.2, 0) is 17.8 Å². The molecule has 344 valence electrons. The third kappa shape index (κ3) is 8.47. The van der Waals surface area contributed by atoms with Crippen LogP contribution >= 0.6 is 11.6 Å². The number of aromatic nitrogens is 3. The summed E-state index contributed by atoms with van der Waals surface area (Å²) in [5.41, 5.74) is 5.19. The maximum absolute atomic E-state index is 16.2. The number of rotatable bonds is 10. The smallest absolute Gasteiger partial charge is 0.328 e. The highest BCUT2D eigenvalue weighted by molar-refractivity contribution is 6.34. The molecule has 4 saturated heterocycles. The second kappa shape index (κ2) is 17.4. The lowest BCUT2D eigenvalue weighted by Crippen LogP contribution is -2.61. The number of hydrogen-bond acceptors (Lipinski definition) is 11. The van der Waals surface area contributed by atoms with Crippen molar-refractivity contribution < 1.29 is 32.3 Å². The van der Waals surface area contributed by atoms with Crippen LogP contribution in [0.3, 0.4) is 0 Å². The molecule has 2 aromatic heterocycles. The van der Waals surface area contributed by atoms with E-state index in [1.54, 1.807) is 30.1 Å². The Morgan fingerprint density at radius 1 is 0.908 bits per heavy atom. The van der Waals surface area contributed by atoms with E-state index in [0.29, 0.717) is 112 Å². The zero-order chi connectivity index (χ0) is 45.1. The molecule has 16 nitrogen and oxygen atoms in total. The number of carbonyl (C=O) groups excluding carboxylic acids is 4. The highest BCUT2D eigenvalue weighted by atomic mass is 35.5. The summed E-state index contributed by atoms with van der Waals surface area (Å²) in [5.74, 6) is -3.24. The molecule has 65 heavy (non-hydrogen) atoms. The summed E-state index contributed by atoms with van der Waals surface area (Å²) in [5, 5.41) is 13.3. The first-order chi connectivity index (χ1) is 31.3. The number of halogens is 4. The van der Waals surface area contributed by atoms with Crippen molar-refractivity contribution in [3.63, 3.8) is 0 Å². The maximum atomic E-state index is 16.2. The van der Waals surface area contributed by atoms with Gasteiger partial charge < -0.3 is 20.4 Å². The third-order valence-corrected chi connectivity index (χ3v) is 14.3. The highest BCUT2D eigenvalue weighted by Crippen LogP contribution is 2.39. The van der Waals surface area contributed by atoms with Gasteiger partial charge >= 0.3 is 6.03 Å². The molecular formula is C45H52ClF3N12O4. The van der Waals surface area contributed by atoms with E-state index in [9.17, 15) is 23.6 Å². The number of carbonyl (C=O) groups is 4. The Balaban J connectivity index is 0.727. The molecule has 1 aliphatic carbocycles. The van der Waals surface area contributed by atoms with Crippen LogP contribution in [0.25, 0.3) is 5.65 Å². The van der Waals surface area contributed by atoms with E-state index in [1.165, 1.54) is 15.6 Å². The molecule has 0 radical (unpaired) electrons. The van der Waals surface area contributed by atoms with Gasteiger partial charge in [0, 0.05) is 109 Å². The molecule has 5 amide bonds. The van der Waals surface area contributed by atoms with Crippen molar-refractivity contribution in [1.82, 2.24) is 44.8 Å². The number of likely N-dealkylation sites (tertiary alicyclic amines) is 2. The van der Waals surface area contributed by atoms with Crippen LogP contribution in [0.5, 0.6) is 0 Å². The minimum atomic E-state index is -2.89. The molecule has 5 aliphatic heterocycles.